The van der Waals surface area contributed by atoms with E-state index in [1.165, 1.54) is 60.8 Å². The number of hydrogen-bond acceptors (Lipinski definition) is 1. The molecule has 0 aliphatic carbocycles. The molecule has 1 aromatic heterocycles. The SMILES string of the molecule is c1ccc(-c2ccc(N(c3ccc(-c4ccccc4-n4c5ccccc5c5cccc(-c6ccccc6)c54)cc3)c3cccc(-c4ccccc4)c3)cc2)cc1. The maximum Gasteiger partial charge on any atom is 0.0619 e. The predicted octanol–water partition coefficient (Wildman–Crippen LogP) is 14.9. The van der Waals surface area contributed by atoms with Gasteiger partial charge in [0.1, 0.15) is 0 Å². The van der Waals surface area contributed by atoms with Gasteiger partial charge in [-0.3, -0.25) is 0 Å². The number of benzene rings is 9. The third kappa shape index (κ3) is 6.04. The minimum atomic E-state index is 1.09. The van der Waals surface area contributed by atoms with Gasteiger partial charge in [-0.2, -0.15) is 0 Å². The summed E-state index contributed by atoms with van der Waals surface area (Å²) in [7, 11) is 0. The second kappa shape index (κ2) is 14.4. The van der Waals surface area contributed by atoms with Crippen LogP contribution in [0.3, 0.4) is 0 Å². The van der Waals surface area contributed by atoms with Crippen molar-refractivity contribution in [3.63, 3.8) is 0 Å². The molecule has 10 aromatic rings. The first-order chi connectivity index (χ1) is 27.8. The summed E-state index contributed by atoms with van der Waals surface area (Å²) in [6.07, 6.45) is 0. The summed E-state index contributed by atoms with van der Waals surface area (Å²) < 4.78 is 2.46. The van der Waals surface area contributed by atoms with Crippen LogP contribution in [0.5, 0.6) is 0 Å². The Labute approximate surface area is 327 Å². The Morgan fingerprint density at radius 1 is 0.286 bits per heavy atom. The number of aromatic nitrogens is 1. The van der Waals surface area contributed by atoms with Gasteiger partial charge in [-0.15, -0.1) is 0 Å². The molecule has 0 radical (unpaired) electrons. The third-order valence-corrected chi connectivity index (χ3v) is 10.8. The van der Waals surface area contributed by atoms with Gasteiger partial charge in [0.2, 0.25) is 0 Å². The fraction of sp³-hybridized carbons (Fsp3) is 0. The molecule has 0 aliphatic rings. The third-order valence-electron chi connectivity index (χ3n) is 10.8. The molecule has 0 N–H and O–H groups in total. The van der Waals surface area contributed by atoms with Crippen LogP contribution in [0.1, 0.15) is 0 Å². The van der Waals surface area contributed by atoms with Crippen LogP contribution in [-0.4, -0.2) is 4.57 Å². The lowest BCUT2D eigenvalue weighted by atomic mass is 10.0. The summed E-state index contributed by atoms with van der Waals surface area (Å²) in [5, 5.41) is 2.50. The number of para-hydroxylation sites is 3. The summed E-state index contributed by atoms with van der Waals surface area (Å²) in [4.78, 5) is 2.36. The zero-order valence-corrected chi connectivity index (χ0v) is 30.8. The number of hydrogen-bond donors (Lipinski definition) is 0. The van der Waals surface area contributed by atoms with Gasteiger partial charge in [-0.05, 0) is 81.9 Å². The van der Waals surface area contributed by atoms with Gasteiger partial charge >= 0.3 is 0 Å². The van der Waals surface area contributed by atoms with Gasteiger partial charge in [-0.25, -0.2) is 0 Å². The standard InChI is InChI=1S/C54H38N2/c1-4-16-39(17-5-1)41-30-34-45(35-31-41)55(47-23-14-22-44(38-47)40-18-6-2-7-19-40)46-36-32-43(33-37-46)48-24-10-12-28-52(48)56-53-29-13-11-25-50(53)51-27-15-26-49(54(51)56)42-20-8-3-9-21-42/h1-38H. The smallest absolute Gasteiger partial charge is 0.0619 e. The summed E-state index contributed by atoms with van der Waals surface area (Å²) in [5.41, 5.74) is 16.4. The van der Waals surface area contributed by atoms with E-state index in [4.69, 9.17) is 0 Å². The minimum Gasteiger partial charge on any atom is -0.310 e. The van der Waals surface area contributed by atoms with Crippen molar-refractivity contribution in [1.29, 1.82) is 0 Å². The van der Waals surface area contributed by atoms with Crippen molar-refractivity contribution in [1.82, 2.24) is 4.57 Å². The predicted molar refractivity (Wildman–Crippen MR) is 237 cm³/mol. The van der Waals surface area contributed by atoms with Crippen LogP contribution in [0.25, 0.3) is 72.0 Å². The summed E-state index contributed by atoms with van der Waals surface area (Å²) in [5.74, 6) is 0. The van der Waals surface area contributed by atoms with Gasteiger partial charge in [0.15, 0.2) is 0 Å². The summed E-state index contributed by atoms with van der Waals surface area (Å²) in [6, 6.07) is 83.0. The van der Waals surface area contributed by atoms with Crippen LogP contribution in [0.15, 0.2) is 231 Å². The molecule has 2 nitrogen and oxygen atoms in total. The van der Waals surface area contributed by atoms with E-state index in [0.717, 1.165) is 28.3 Å². The molecule has 56 heavy (non-hydrogen) atoms. The molecular formula is C54H38N2. The van der Waals surface area contributed by atoms with E-state index in [0.29, 0.717) is 0 Å². The average Bonchev–Trinajstić information content (AvgIpc) is 3.62. The Morgan fingerprint density at radius 3 is 1.45 bits per heavy atom. The fourth-order valence-corrected chi connectivity index (χ4v) is 8.16. The fourth-order valence-electron chi connectivity index (χ4n) is 8.16. The van der Waals surface area contributed by atoms with Crippen LogP contribution in [0.4, 0.5) is 17.1 Å². The Kier molecular flexibility index (Phi) is 8.55. The van der Waals surface area contributed by atoms with E-state index in [2.05, 4.69) is 240 Å². The van der Waals surface area contributed by atoms with Crippen LogP contribution in [0, 0.1) is 0 Å². The lowest BCUT2D eigenvalue weighted by Gasteiger charge is -2.26. The molecule has 0 unspecified atom stereocenters. The van der Waals surface area contributed by atoms with E-state index in [1.807, 2.05) is 0 Å². The number of nitrogens with zero attached hydrogens (tertiary/aromatic N) is 2. The molecule has 0 amide bonds. The second-order valence-corrected chi connectivity index (χ2v) is 14.1. The van der Waals surface area contributed by atoms with Crippen molar-refractivity contribution >= 4 is 38.9 Å². The first kappa shape index (κ1) is 33.2. The molecular weight excluding hydrogens is 677 g/mol. The quantitative estimate of drug-likeness (QED) is 0.152. The monoisotopic (exact) mass is 714 g/mol. The van der Waals surface area contributed by atoms with Gasteiger partial charge in [0, 0.05) is 39.0 Å². The van der Waals surface area contributed by atoms with Crippen molar-refractivity contribution < 1.29 is 0 Å². The molecule has 264 valence electrons. The van der Waals surface area contributed by atoms with Crippen molar-refractivity contribution in [3.05, 3.63) is 231 Å². The van der Waals surface area contributed by atoms with E-state index in [-0.39, 0.29) is 0 Å². The molecule has 0 saturated heterocycles. The first-order valence-electron chi connectivity index (χ1n) is 19.2. The van der Waals surface area contributed by atoms with Gasteiger partial charge in [-0.1, -0.05) is 182 Å². The van der Waals surface area contributed by atoms with Gasteiger partial charge in [0.25, 0.3) is 0 Å². The topological polar surface area (TPSA) is 8.17 Å². The molecule has 1 heterocycles. The Bertz CT molecular complexity index is 2930. The van der Waals surface area contributed by atoms with E-state index in [1.54, 1.807) is 0 Å². The molecule has 2 heteroatoms. The Hall–Kier alpha value is -7.42. The van der Waals surface area contributed by atoms with Crippen LogP contribution in [0.2, 0.25) is 0 Å². The van der Waals surface area contributed by atoms with Gasteiger partial charge < -0.3 is 9.47 Å². The highest BCUT2D eigenvalue weighted by atomic mass is 15.1. The lowest BCUT2D eigenvalue weighted by Crippen LogP contribution is -2.10. The molecule has 0 aliphatic heterocycles. The number of anilines is 3. The minimum absolute atomic E-state index is 1.09. The van der Waals surface area contributed by atoms with Gasteiger partial charge in [0.05, 0.1) is 16.7 Å². The maximum absolute atomic E-state index is 2.46. The largest absolute Gasteiger partial charge is 0.310 e. The molecule has 0 bridgehead atoms. The van der Waals surface area contributed by atoms with Crippen molar-refractivity contribution in [2.75, 3.05) is 4.90 Å². The van der Waals surface area contributed by atoms with Crippen LogP contribution in [-0.2, 0) is 0 Å². The first-order valence-corrected chi connectivity index (χ1v) is 19.2. The molecule has 0 saturated carbocycles. The molecule has 10 rings (SSSR count). The van der Waals surface area contributed by atoms with E-state index < -0.39 is 0 Å². The maximum atomic E-state index is 2.46. The zero-order chi connectivity index (χ0) is 37.3. The van der Waals surface area contributed by atoms with Crippen molar-refractivity contribution in [3.8, 4) is 50.2 Å². The van der Waals surface area contributed by atoms with Crippen molar-refractivity contribution in [2.24, 2.45) is 0 Å². The highest BCUT2D eigenvalue weighted by Crippen LogP contribution is 2.42. The second-order valence-electron chi connectivity index (χ2n) is 14.1. The normalized spacial score (nSPS) is 11.2. The molecule has 0 atom stereocenters. The van der Waals surface area contributed by atoms with Crippen LogP contribution < -0.4 is 4.90 Å². The Morgan fingerprint density at radius 2 is 0.750 bits per heavy atom. The highest BCUT2D eigenvalue weighted by molar-refractivity contribution is 6.14. The molecule has 0 spiro atoms. The Balaban J connectivity index is 1.10. The summed E-state index contributed by atoms with van der Waals surface area (Å²) in [6.45, 7) is 0. The lowest BCUT2D eigenvalue weighted by molar-refractivity contribution is 1.18. The average molecular weight is 715 g/mol. The van der Waals surface area contributed by atoms with E-state index in [9.17, 15) is 0 Å². The van der Waals surface area contributed by atoms with E-state index >= 15 is 0 Å². The highest BCUT2D eigenvalue weighted by Gasteiger charge is 2.19. The molecule has 0 fully saturated rings. The zero-order valence-electron chi connectivity index (χ0n) is 30.8. The van der Waals surface area contributed by atoms with Crippen LogP contribution >= 0.6 is 0 Å². The van der Waals surface area contributed by atoms with Crippen molar-refractivity contribution in [2.45, 2.75) is 0 Å². The molecule has 9 aromatic carbocycles. The summed E-state index contributed by atoms with van der Waals surface area (Å²) >= 11 is 0. The number of fused-ring (bicyclic) bond motifs is 3. The number of rotatable bonds is 8.